The first-order valence-corrected chi connectivity index (χ1v) is 6.21. The van der Waals surface area contributed by atoms with Crippen molar-refractivity contribution >= 4 is 11.9 Å². The van der Waals surface area contributed by atoms with Gasteiger partial charge in [0.25, 0.3) is 0 Å². The van der Waals surface area contributed by atoms with Crippen LogP contribution in [0.5, 0.6) is 0 Å². The minimum absolute atomic E-state index is 0.0124. The summed E-state index contributed by atoms with van der Waals surface area (Å²) in [5.74, 6) is -0.0966. The zero-order valence-electron chi connectivity index (χ0n) is 12.0. The number of nitrogens with one attached hydrogen (secondary N) is 1. The monoisotopic (exact) mass is 278 g/mol. The molecule has 108 valence electrons. The molecule has 2 heterocycles. The third kappa shape index (κ3) is 2.60. The van der Waals surface area contributed by atoms with Gasteiger partial charge in [0.1, 0.15) is 6.54 Å². The van der Waals surface area contributed by atoms with Crippen LogP contribution in [0.4, 0.5) is 5.95 Å². The minimum Gasteiger partial charge on any atom is -0.367 e. The van der Waals surface area contributed by atoms with Crippen molar-refractivity contribution in [3.63, 3.8) is 0 Å². The standard InChI is InChI=1S/C11H18N8O/c1-6(10-7(2)15-18(4)8(10)3)13-9(20)5-19-11(12)14-16-17-19/h6H,5H2,1-4H3,(H,13,20)(H2,12,14,17). The zero-order valence-corrected chi connectivity index (χ0v) is 12.0. The number of hydrogen-bond acceptors (Lipinski definition) is 6. The molecule has 9 nitrogen and oxygen atoms in total. The van der Waals surface area contributed by atoms with Gasteiger partial charge >= 0.3 is 0 Å². The molecule has 2 aromatic rings. The molecule has 0 aliphatic heterocycles. The first-order valence-electron chi connectivity index (χ1n) is 6.21. The number of nitrogen functional groups attached to an aromatic ring is 1. The van der Waals surface area contributed by atoms with Gasteiger partial charge in [-0.3, -0.25) is 9.48 Å². The fourth-order valence-electron chi connectivity index (χ4n) is 2.24. The largest absolute Gasteiger partial charge is 0.367 e. The summed E-state index contributed by atoms with van der Waals surface area (Å²) in [6.07, 6.45) is 0. The number of aryl methyl sites for hydroxylation is 2. The molecule has 0 radical (unpaired) electrons. The van der Waals surface area contributed by atoms with Crippen LogP contribution in [0.1, 0.15) is 29.9 Å². The summed E-state index contributed by atoms with van der Waals surface area (Å²) in [4.78, 5) is 12.0. The Bertz CT molecular complexity index is 628. The van der Waals surface area contributed by atoms with E-state index in [4.69, 9.17) is 5.73 Å². The molecule has 0 bridgehead atoms. The summed E-state index contributed by atoms with van der Waals surface area (Å²) in [5.41, 5.74) is 8.46. The molecule has 2 rings (SSSR count). The number of rotatable bonds is 4. The van der Waals surface area contributed by atoms with Crippen molar-refractivity contribution in [3.8, 4) is 0 Å². The average molecular weight is 278 g/mol. The molecule has 0 aromatic carbocycles. The van der Waals surface area contributed by atoms with Gasteiger partial charge in [0.15, 0.2) is 0 Å². The van der Waals surface area contributed by atoms with Crippen molar-refractivity contribution in [1.82, 2.24) is 35.3 Å². The van der Waals surface area contributed by atoms with E-state index in [0.717, 1.165) is 17.0 Å². The van der Waals surface area contributed by atoms with Crippen molar-refractivity contribution < 1.29 is 4.79 Å². The number of nitrogens with zero attached hydrogens (tertiary/aromatic N) is 6. The number of carbonyl (C=O) groups is 1. The molecule has 20 heavy (non-hydrogen) atoms. The third-order valence-corrected chi connectivity index (χ3v) is 3.23. The second kappa shape index (κ2) is 5.27. The highest BCUT2D eigenvalue weighted by Crippen LogP contribution is 2.20. The number of tetrazole rings is 1. The fraction of sp³-hybridized carbons (Fsp3) is 0.545. The maximum Gasteiger partial charge on any atom is 0.242 e. The van der Waals surface area contributed by atoms with Gasteiger partial charge < -0.3 is 11.1 Å². The van der Waals surface area contributed by atoms with E-state index in [1.54, 1.807) is 4.68 Å². The summed E-state index contributed by atoms with van der Waals surface area (Å²) < 4.78 is 3.04. The highest BCUT2D eigenvalue weighted by atomic mass is 16.2. The van der Waals surface area contributed by atoms with E-state index < -0.39 is 0 Å². The van der Waals surface area contributed by atoms with E-state index in [9.17, 15) is 4.79 Å². The van der Waals surface area contributed by atoms with Gasteiger partial charge in [-0.05, 0) is 31.2 Å². The number of aromatic nitrogens is 6. The van der Waals surface area contributed by atoms with Crippen LogP contribution in [-0.2, 0) is 18.4 Å². The molecule has 0 aliphatic carbocycles. The molecular formula is C11H18N8O. The molecule has 0 spiro atoms. The molecule has 0 saturated heterocycles. The van der Waals surface area contributed by atoms with Crippen LogP contribution in [0.15, 0.2) is 0 Å². The van der Waals surface area contributed by atoms with E-state index in [0.29, 0.717) is 0 Å². The van der Waals surface area contributed by atoms with Crippen LogP contribution in [-0.4, -0.2) is 35.9 Å². The molecule has 1 atom stereocenters. The Morgan fingerprint density at radius 3 is 2.65 bits per heavy atom. The Labute approximate surface area is 116 Å². The molecular weight excluding hydrogens is 260 g/mol. The van der Waals surface area contributed by atoms with Crippen molar-refractivity contribution in [2.24, 2.45) is 7.05 Å². The van der Waals surface area contributed by atoms with Crippen molar-refractivity contribution in [1.29, 1.82) is 0 Å². The lowest BCUT2D eigenvalue weighted by molar-refractivity contribution is -0.122. The number of amides is 1. The average Bonchev–Trinajstić information content (AvgIpc) is 2.84. The number of nitrogens with two attached hydrogens (primary N) is 1. The molecule has 1 amide bonds. The summed E-state index contributed by atoms with van der Waals surface area (Å²) in [6, 6.07) is -0.145. The Morgan fingerprint density at radius 2 is 2.15 bits per heavy atom. The van der Waals surface area contributed by atoms with E-state index in [-0.39, 0.29) is 24.4 Å². The number of hydrogen-bond donors (Lipinski definition) is 2. The first-order chi connectivity index (χ1) is 9.40. The Morgan fingerprint density at radius 1 is 1.45 bits per heavy atom. The number of carbonyl (C=O) groups excluding carboxylic acids is 1. The van der Waals surface area contributed by atoms with Crippen molar-refractivity contribution in [3.05, 3.63) is 17.0 Å². The van der Waals surface area contributed by atoms with Gasteiger partial charge in [-0.15, -0.1) is 0 Å². The van der Waals surface area contributed by atoms with Gasteiger partial charge in [0, 0.05) is 18.3 Å². The van der Waals surface area contributed by atoms with Crippen LogP contribution in [0.3, 0.4) is 0 Å². The molecule has 2 aromatic heterocycles. The molecule has 3 N–H and O–H groups in total. The lowest BCUT2D eigenvalue weighted by Gasteiger charge is -2.14. The SMILES string of the molecule is Cc1nn(C)c(C)c1C(C)NC(=O)Cn1nnnc1N. The topological polar surface area (TPSA) is 117 Å². The van der Waals surface area contributed by atoms with Gasteiger partial charge in [0.2, 0.25) is 11.9 Å². The summed E-state index contributed by atoms with van der Waals surface area (Å²) >= 11 is 0. The zero-order chi connectivity index (χ0) is 14.9. The second-order valence-corrected chi connectivity index (χ2v) is 4.69. The van der Waals surface area contributed by atoms with Gasteiger partial charge in [-0.25, -0.2) is 4.68 Å². The highest BCUT2D eigenvalue weighted by Gasteiger charge is 2.18. The summed E-state index contributed by atoms with van der Waals surface area (Å²) in [5, 5.41) is 17.8. The van der Waals surface area contributed by atoms with Crippen molar-refractivity contribution in [2.75, 3.05) is 5.73 Å². The van der Waals surface area contributed by atoms with Gasteiger partial charge in [-0.1, -0.05) is 5.10 Å². The summed E-state index contributed by atoms with van der Waals surface area (Å²) in [7, 11) is 1.88. The molecule has 0 fully saturated rings. The van der Waals surface area contributed by atoms with E-state index in [2.05, 4.69) is 25.9 Å². The first kappa shape index (κ1) is 14.0. The summed E-state index contributed by atoms with van der Waals surface area (Å²) in [6.45, 7) is 5.79. The van der Waals surface area contributed by atoms with Crippen LogP contribution in [0, 0.1) is 13.8 Å². The van der Waals surface area contributed by atoms with Crippen molar-refractivity contribution in [2.45, 2.75) is 33.4 Å². The third-order valence-electron chi connectivity index (χ3n) is 3.23. The quantitative estimate of drug-likeness (QED) is 0.777. The van der Waals surface area contributed by atoms with Crippen LogP contribution >= 0.6 is 0 Å². The second-order valence-electron chi connectivity index (χ2n) is 4.69. The molecule has 9 heteroatoms. The smallest absolute Gasteiger partial charge is 0.242 e. The Kier molecular flexibility index (Phi) is 3.68. The van der Waals surface area contributed by atoms with Gasteiger partial charge in [-0.2, -0.15) is 5.10 Å². The predicted octanol–water partition coefficient (Wildman–Crippen LogP) is -0.517. The minimum atomic E-state index is -0.209. The molecule has 0 saturated carbocycles. The lowest BCUT2D eigenvalue weighted by atomic mass is 10.1. The van der Waals surface area contributed by atoms with Crippen LogP contribution in [0.2, 0.25) is 0 Å². The number of anilines is 1. The lowest BCUT2D eigenvalue weighted by Crippen LogP contribution is -2.31. The van der Waals surface area contributed by atoms with E-state index in [1.807, 2.05) is 27.8 Å². The Hall–Kier alpha value is -2.45. The van der Waals surface area contributed by atoms with Crippen LogP contribution < -0.4 is 11.1 Å². The predicted molar refractivity (Wildman–Crippen MR) is 71.5 cm³/mol. The maximum atomic E-state index is 12.0. The maximum absolute atomic E-state index is 12.0. The molecule has 0 aliphatic rings. The fourth-order valence-corrected chi connectivity index (χ4v) is 2.24. The normalized spacial score (nSPS) is 12.4. The van der Waals surface area contributed by atoms with Crippen LogP contribution in [0.25, 0.3) is 0 Å². The Balaban J connectivity index is 2.06. The highest BCUT2D eigenvalue weighted by molar-refractivity contribution is 5.76. The van der Waals surface area contributed by atoms with E-state index >= 15 is 0 Å². The molecule has 1 unspecified atom stereocenters. The van der Waals surface area contributed by atoms with E-state index in [1.165, 1.54) is 4.68 Å². The van der Waals surface area contributed by atoms with Gasteiger partial charge in [0.05, 0.1) is 11.7 Å².